The van der Waals surface area contributed by atoms with Crippen LogP contribution >= 0.6 is 0 Å². The number of benzene rings is 1. The van der Waals surface area contributed by atoms with Crippen molar-refractivity contribution in [2.24, 2.45) is 11.5 Å². The monoisotopic (exact) mass is 246 g/mol. The van der Waals surface area contributed by atoms with E-state index in [0.717, 1.165) is 0 Å². The maximum Gasteiger partial charge on any atom is 0.317 e. The third-order valence-corrected chi connectivity index (χ3v) is 2.45. The van der Waals surface area contributed by atoms with Crippen LogP contribution in [-0.2, 0) is 0 Å². The Morgan fingerprint density at radius 3 is 2.56 bits per heavy atom. The Kier molecular flexibility index (Phi) is 2.72. The molecule has 2 aromatic rings. The smallest absolute Gasteiger partial charge is 0.317 e. The molecule has 7 heteroatoms. The van der Waals surface area contributed by atoms with Crippen molar-refractivity contribution in [1.82, 2.24) is 4.98 Å². The summed E-state index contributed by atoms with van der Waals surface area (Å²) in [5.74, 6) is -0.586. The highest BCUT2D eigenvalue weighted by Gasteiger charge is 2.17. The van der Waals surface area contributed by atoms with Crippen LogP contribution in [0.4, 0.5) is 10.6 Å². The van der Waals surface area contributed by atoms with Crippen molar-refractivity contribution in [3.05, 3.63) is 29.3 Å². The number of hydrogen-bond acceptors (Lipinski definition) is 3. The van der Waals surface area contributed by atoms with E-state index < -0.39 is 11.9 Å². The molecule has 0 unspecified atom stereocenters. The van der Waals surface area contributed by atoms with Crippen LogP contribution in [0, 0.1) is 0 Å². The number of aromatic amines is 1. The van der Waals surface area contributed by atoms with Gasteiger partial charge in [-0.3, -0.25) is 14.9 Å². The number of H-pyrrole nitrogens is 1. The van der Waals surface area contributed by atoms with Gasteiger partial charge in [0.15, 0.2) is 0 Å². The molecule has 2 rings (SSSR count). The molecule has 0 fully saturated rings. The standard InChI is InChI=1S/C11H10N4O3/c12-9(17)8-6-2-1-5(4-16)3-7(6)14-10(8)15-11(13)18/h1-4,14H,(H2,12,17)(H3,13,15,18). The SMILES string of the molecule is NC(=O)Nc1[nH]c2cc(C=O)ccc2c1C(N)=O. The number of nitrogens with two attached hydrogens (primary N) is 2. The number of aromatic nitrogens is 1. The number of primary amides is 2. The highest BCUT2D eigenvalue weighted by molar-refractivity contribution is 6.13. The minimum Gasteiger partial charge on any atom is -0.365 e. The number of hydrogen-bond donors (Lipinski definition) is 4. The first-order valence-electron chi connectivity index (χ1n) is 5.00. The van der Waals surface area contributed by atoms with Crippen LogP contribution in [-0.4, -0.2) is 23.2 Å². The van der Waals surface area contributed by atoms with Gasteiger partial charge >= 0.3 is 6.03 Å². The van der Waals surface area contributed by atoms with E-state index in [1.54, 1.807) is 18.2 Å². The van der Waals surface area contributed by atoms with Crippen LogP contribution in [0.3, 0.4) is 0 Å². The van der Waals surface area contributed by atoms with Crippen molar-refractivity contribution in [2.45, 2.75) is 0 Å². The summed E-state index contributed by atoms with van der Waals surface area (Å²) in [6, 6.07) is 3.84. The quantitative estimate of drug-likeness (QED) is 0.590. The second kappa shape index (κ2) is 4.21. The molecule has 6 N–H and O–H groups in total. The Morgan fingerprint density at radius 2 is 2.00 bits per heavy atom. The number of anilines is 1. The molecule has 18 heavy (non-hydrogen) atoms. The highest BCUT2D eigenvalue weighted by Crippen LogP contribution is 2.26. The average Bonchev–Trinajstić information content (AvgIpc) is 2.64. The molecule has 0 aliphatic rings. The van der Waals surface area contributed by atoms with Crippen LogP contribution in [0.2, 0.25) is 0 Å². The molecular formula is C11H10N4O3. The summed E-state index contributed by atoms with van der Waals surface area (Å²) < 4.78 is 0. The molecule has 1 heterocycles. The topological polar surface area (TPSA) is 131 Å². The highest BCUT2D eigenvalue weighted by atomic mass is 16.2. The van der Waals surface area contributed by atoms with E-state index in [1.807, 2.05) is 0 Å². The fraction of sp³-hybridized carbons (Fsp3) is 0. The Bertz CT molecular complexity index is 660. The molecule has 1 aromatic heterocycles. The molecule has 3 amide bonds. The van der Waals surface area contributed by atoms with Gasteiger partial charge in [-0.2, -0.15) is 0 Å². The van der Waals surface area contributed by atoms with Crippen molar-refractivity contribution in [3.63, 3.8) is 0 Å². The fourth-order valence-electron chi connectivity index (χ4n) is 1.76. The van der Waals surface area contributed by atoms with Gasteiger partial charge in [0, 0.05) is 16.5 Å². The Morgan fingerprint density at radius 1 is 1.28 bits per heavy atom. The van der Waals surface area contributed by atoms with E-state index in [-0.39, 0.29) is 11.4 Å². The van der Waals surface area contributed by atoms with Crippen LogP contribution in [0.1, 0.15) is 20.7 Å². The normalized spacial score (nSPS) is 10.2. The number of nitrogens with one attached hydrogen (secondary N) is 2. The summed E-state index contributed by atoms with van der Waals surface area (Å²) in [5, 5.41) is 2.79. The van der Waals surface area contributed by atoms with Crippen molar-refractivity contribution in [2.75, 3.05) is 5.32 Å². The number of fused-ring (bicyclic) bond motifs is 1. The number of carbonyl (C=O) groups is 3. The van der Waals surface area contributed by atoms with E-state index in [0.29, 0.717) is 22.8 Å². The zero-order valence-electron chi connectivity index (χ0n) is 9.19. The summed E-state index contributed by atoms with van der Waals surface area (Å²) in [6.45, 7) is 0. The van der Waals surface area contributed by atoms with E-state index in [9.17, 15) is 14.4 Å². The minimum absolute atomic E-state index is 0.119. The number of urea groups is 1. The van der Waals surface area contributed by atoms with Gasteiger partial charge in [0.25, 0.3) is 5.91 Å². The van der Waals surface area contributed by atoms with E-state index >= 15 is 0 Å². The van der Waals surface area contributed by atoms with E-state index in [4.69, 9.17) is 11.5 Å². The summed E-state index contributed by atoms with van der Waals surface area (Å²) in [6.07, 6.45) is 0.672. The van der Waals surface area contributed by atoms with Crippen molar-refractivity contribution >= 4 is 34.9 Å². The lowest BCUT2D eigenvalue weighted by atomic mass is 10.1. The van der Waals surface area contributed by atoms with Gasteiger partial charge in [0.1, 0.15) is 12.1 Å². The second-order valence-electron chi connectivity index (χ2n) is 3.65. The lowest BCUT2D eigenvalue weighted by Crippen LogP contribution is -2.22. The predicted molar refractivity (Wildman–Crippen MR) is 65.4 cm³/mol. The molecule has 0 bridgehead atoms. The summed E-state index contributed by atoms with van der Waals surface area (Å²) in [7, 11) is 0. The molecule has 0 atom stereocenters. The first-order chi connectivity index (χ1) is 8.52. The molecular weight excluding hydrogens is 236 g/mol. The zero-order valence-corrected chi connectivity index (χ0v) is 9.19. The van der Waals surface area contributed by atoms with Crippen LogP contribution in [0.15, 0.2) is 18.2 Å². The lowest BCUT2D eigenvalue weighted by molar-refractivity contribution is 0.100. The molecule has 0 saturated heterocycles. The summed E-state index contributed by atoms with van der Waals surface area (Å²) in [4.78, 5) is 35.6. The molecule has 0 radical (unpaired) electrons. The Hall–Kier alpha value is -2.83. The van der Waals surface area contributed by atoms with Gasteiger partial charge in [-0.25, -0.2) is 4.79 Å². The Balaban J connectivity index is 2.69. The van der Waals surface area contributed by atoms with Gasteiger partial charge in [-0.05, 0) is 6.07 Å². The minimum atomic E-state index is -0.820. The fourth-order valence-corrected chi connectivity index (χ4v) is 1.76. The third kappa shape index (κ3) is 1.88. The third-order valence-electron chi connectivity index (χ3n) is 2.45. The second-order valence-corrected chi connectivity index (χ2v) is 3.65. The van der Waals surface area contributed by atoms with Gasteiger partial charge in [-0.1, -0.05) is 12.1 Å². The average molecular weight is 246 g/mol. The van der Waals surface area contributed by atoms with Crippen molar-refractivity contribution in [3.8, 4) is 0 Å². The maximum absolute atomic E-state index is 11.4. The van der Waals surface area contributed by atoms with E-state index in [1.165, 1.54) is 0 Å². The maximum atomic E-state index is 11.4. The number of rotatable bonds is 3. The number of aldehydes is 1. The van der Waals surface area contributed by atoms with E-state index in [2.05, 4.69) is 10.3 Å². The molecule has 92 valence electrons. The Labute approximate surface area is 101 Å². The zero-order chi connectivity index (χ0) is 13.3. The largest absolute Gasteiger partial charge is 0.365 e. The van der Waals surface area contributed by atoms with Gasteiger partial charge in [0.2, 0.25) is 0 Å². The van der Waals surface area contributed by atoms with Crippen molar-refractivity contribution in [1.29, 1.82) is 0 Å². The van der Waals surface area contributed by atoms with Gasteiger partial charge < -0.3 is 16.5 Å². The summed E-state index contributed by atoms with van der Waals surface area (Å²) in [5.41, 5.74) is 11.3. The molecule has 1 aromatic carbocycles. The van der Waals surface area contributed by atoms with Crippen LogP contribution in [0.25, 0.3) is 10.9 Å². The first kappa shape index (κ1) is 11.6. The first-order valence-corrected chi connectivity index (χ1v) is 5.00. The van der Waals surface area contributed by atoms with Crippen LogP contribution < -0.4 is 16.8 Å². The summed E-state index contributed by atoms with van der Waals surface area (Å²) >= 11 is 0. The van der Waals surface area contributed by atoms with Gasteiger partial charge in [0.05, 0.1) is 5.56 Å². The molecule has 0 aliphatic carbocycles. The number of amides is 3. The van der Waals surface area contributed by atoms with Gasteiger partial charge in [-0.15, -0.1) is 0 Å². The lowest BCUT2D eigenvalue weighted by Gasteiger charge is -2.00. The molecule has 7 nitrogen and oxygen atoms in total. The molecule has 0 aliphatic heterocycles. The van der Waals surface area contributed by atoms with Crippen LogP contribution in [0.5, 0.6) is 0 Å². The molecule has 0 saturated carbocycles. The van der Waals surface area contributed by atoms with Crippen molar-refractivity contribution < 1.29 is 14.4 Å². The predicted octanol–water partition coefficient (Wildman–Crippen LogP) is 0.570. The number of carbonyl (C=O) groups excluding carboxylic acids is 3. The molecule has 0 spiro atoms.